The number of rotatable bonds is 9. The maximum absolute atomic E-state index is 13.5. The van der Waals surface area contributed by atoms with E-state index in [1.807, 2.05) is 6.92 Å². The van der Waals surface area contributed by atoms with E-state index in [1.165, 1.54) is 28.6 Å². The Morgan fingerprint density at radius 1 is 1.29 bits per heavy atom. The molecule has 0 aliphatic rings. The minimum Gasteiger partial charge on any atom is -0.313 e. The van der Waals surface area contributed by atoms with Gasteiger partial charge in [-0.25, -0.2) is 12.8 Å². The Hall–Kier alpha value is -1.50. The van der Waals surface area contributed by atoms with Crippen LogP contribution < -0.4 is 5.32 Å². The van der Waals surface area contributed by atoms with E-state index >= 15 is 0 Å². The Kier molecular flexibility index (Phi) is 6.74. The lowest BCUT2D eigenvalue weighted by molar-refractivity contribution is 0.472. The summed E-state index contributed by atoms with van der Waals surface area (Å²) in [5.74, 6) is -0.578. The third kappa shape index (κ3) is 4.49. The topological polar surface area (TPSA) is 49.4 Å². The van der Waals surface area contributed by atoms with Crippen LogP contribution in [-0.4, -0.2) is 32.4 Å². The van der Waals surface area contributed by atoms with Gasteiger partial charge in [-0.2, -0.15) is 4.31 Å². The van der Waals surface area contributed by atoms with Crippen molar-refractivity contribution < 1.29 is 12.8 Å². The molecule has 6 heteroatoms. The molecule has 0 atom stereocenters. The van der Waals surface area contributed by atoms with Crippen molar-refractivity contribution in [1.82, 2.24) is 9.62 Å². The van der Waals surface area contributed by atoms with E-state index in [2.05, 4.69) is 18.5 Å². The van der Waals surface area contributed by atoms with Crippen molar-refractivity contribution in [1.29, 1.82) is 0 Å². The summed E-state index contributed by atoms with van der Waals surface area (Å²) in [5.41, 5.74) is 0.538. The number of benzene rings is 1. The third-order valence-corrected chi connectivity index (χ3v) is 4.79. The highest BCUT2D eigenvalue weighted by Gasteiger charge is 2.25. The van der Waals surface area contributed by atoms with Crippen LogP contribution >= 0.6 is 0 Å². The van der Waals surface area contributed by atoms with Crippen LogP contribution in [0.25, 0.3) is 0 Å². The minimum atomic E-state index is -3.80. The summed E-state index contributed by atoms with van der Waals surface area (Å²) < 4.78 is 40.1. The van der Waals surface area contributed by atoms with Gasteiger partial charge in [-0.1, -0.05) is 25.1 Å². The highest BCUT2D eigenvalue weighted by atomic mass is 32.2. The Morgan fingerprint density at radius 2 is 1.90 bits per heavy atom. The van der Waals surface area contributed by atoms with Crippen molar-refractivity contribution in [2.75, 3.05) is 19.6 Å². The number of hydrogen-bond acceptors (Lipinski definition) is 3. The van der Waals surface area contributed by atoms with Gasteiger partial charge in [0.05, 0.1) is 4.90 Å². The van der Waals surface area contributed by atoms with E-state index in [1.54, 1.807) is 0 Å². The zero-order valence-electron chi connectivity index (χ0n) is 12.2. The number of nitrogens with one attached hydrogen (secondary N) is 1. The van der Waals surface area contributed by atoms with Gasteiger partial charge in [0.15, 0.2) is 0 Å². The lowest BCUT2D eigenvalue weighted by atomic mass is 10.2. The van der Waals surface area contributed by atoms with Gasteiger partial charge in [0.25, 0.3) is 0 Å². The van der Waals surface area contributed by atoms with Crippen molar-refractivity contribution in [3.05, 3.63) is 54.9 Å². The van der Waals surface area contributed by atoms with Gasteiger partial charge in [0, 0.05) is 19.6 Å². The molecule has 0 unspecified atom stereocenters. The molecule has 0 fully saturated rings. The third-order valence-electron chi connectivity index (χ3n) is 2.88. The largest absolute Gasteiger partial charge is 0.313 e. The van der Waals surface area contributed by atoms with Crippen LogP contribution in [0.5, 0.6) is 0 Å². The molecular formula is C15H21FN2O2S. The molecule has 0 heterocycles. The van der Waals surface area contributed by atoms with E-state index in [9.17, 15) is 12.8 Å². The first kappa shape index (κ1) is 17.6. The average Bonchev–Trinajstić information content (AvgIpc) is 2.45. The van der Waals surface area contributed by atoms with Gasteiger partial charge in [-0.3, -0.25) is 0 Å². The maximum Gasteiger partial charge on any atom is 0.244 e. The summed E-state index contributed by atoms with van der Waals surface area (Å²) >= 11 is 0. The zero-order valence-corrected chi connectivity index (χ0v) is 13.0. The van der Waals surface area contributed by atoms with E-state index in [0.29, 0.717) is 18.7 Å². The number of halogens is 1. The molecule has 0 aromatic heterocycles. The first-order valence-electron chi connectivity index (χ1n) is 6.68. The van der Waals surface area contributed by atoms with Crippen LogP contribution in [0.2, 0.25) is 0 Å². The van der Waals surface area contributed by atoms with Crippen LogP contribution in [-0.2, 0) is 16.6 Å². The highest BCUT2D eigenvalue weighted by Crippen LogP contribution is 2.21. The molecule has 0 spiro atoms. The molecule has 1 N–H and O–H groups in total. The maximum atomic E-state index is 13.5. The molecule has 4 nitrogen and oxygen atoms in total. The first-order valence-corrected chi connectivity index (χ1v) is 8.12. The summed E-state index contributed by atoms with van der Waals surface area (Å²) in [6, 6.07) is 3.81. The second-order valence-corrected chi connectivity index (χ2v) is 6.34. The van der Waals surface area contributed by atoms with Crippen molar-refractivity contribution >= 4 is 10.0 Å². The molecule has 1 aromatic carbocycles. The normalized spacial score (nSPS) is 11.6. The Balaban J connectivity index is 3.29. The van der Waals surface area contributed by atoms with E-state index in [4.69, 9.17) is 0 Å². The van der Waals surface area contributed by atoms with Gasteiger partial charge in [0.2, 0.25) is 10.0 Å². The summed E-state index contributed by atoms with van der Waals surface area (Å²) in [6.45, 7) is 10.4. The molecule has 1 aromatic rings. The lowest BCUT2D eigenvalue weighted by Crippen LogP contribution is -2.32. The summed E-state index contributed by atoms with van der Waals surface area (Å²) in [6.07, 6.45) is 2.98. The van der Waals surface area contributed by atoms with Gasteiger partial charge in [-0.05, 0) is 24.2 Å². The van der Waals surface area contributed by atoms with E-state index in [-0.39, 0.29) is 18.0 Å². The minimum absolute atomic E-state index is 0.0212. The molecule has 0 radical (unpaired) electrons. The zero-order chi connectivity index (χ0) is 15.9. The Morgan fingerprint density at radius 3 is 2.43 bits per heavy atom. The standard InChI is InChI=1S/C15H21FN2O2S/c1-4-9-18(10-5-2)21(19,20)15-11-14(16)8-7-13(15)12-17-6-3/h4-5,7-8,11,17H,1-2,6,9-10,12H2,3H3. The Labute approximate surface area is 126 Å². The molecule has 0 bridgehead atoms. The SMILES string of the molecule is C=CCN(CC=C)S(=O)(=O)c1cc(F)ccc1CNCC. The molecule has 0 aliphatic heterocycles. The van der Waals surface area contributed by atoms with Crippen LogP contribution in [0.4, 0.5) is 4.39 Å². The Bertz CT molecular complexity index is 590. The smallest absolute Gasteiger partial charge is 0.244 e. The lowest BCUT2D eigenvalue weighted by Gasteiger charge is -2.21. The predicted octanol–water partition coefficient (Wildman–Crippen LogP) is 2.30. The van der Waals surface area contributed by atoms with Crippen LogP contribution in [0.1, 0.15) is 12.5 Å². The predicted molar refractivity (Wildman–Crippen MR) is 82.9 cm³/mol. The van der Waals surface area contributed by atoms with Crippen LogP contribution in [0, 0.1) is 5.82 Å². The van der Waals surface area contributed by atoms with Gasteiger partial charge >= 0.3 is 0 Å². The highest BCUT2D eigenvalue weighted by molar-refractivity contribution is 7.89. The molecule has 0 aliphatic carbocycles. The van der Waals surface area contributed by atoms with E-state index < -0.39 is 15.8 Å². The van der Waals surface area contributed by atoms with Gasteiger partial charge in [0.1, 0.15) is 5.82 Å². The summed E-state index contributed by atoms with van der Waals surface area (Å²) in [7, 11) is -3.80. The summed E-state index contributed by atoms with van der Waals surface area (Å²) in [4.78, 5) is -0.0212. The van der Waals surface area contributed by atoms with Crippen molar-refractivity contribution in [3.8, 4) is 0 Å². The molecule has 0 amide bonds. The van der Waals surface area contributed by atoms with Gasteiger partial charge < -0.3 is 5.32 Å². The van der Waals surface area contributed by atoms with Gasteiger partial charge in [-0.15, -0.1) is 13.2 Å². The number of sulfonamides is 1. The summed E-state index contributed by atoms with van der Waals surface area (Å²) in [5, 5.41) is 3.05. The quantitative estimate of drug-likeness (QED) is 0.712. The second kappa shape index (κ2) is 8.07. The van der Waals surface area contributed by atoms with E-state index in [0.717, 1.165) is 6.07 Å². The van der Waals surface area contributed by atoms with Crippen LogP contribution in [0.15, 0.2) is 48.4 Å². The van der Waals surface area contributed by atoms with Crippen molar-refractivity contribution in [2.24, 2.45) is 0 Å². The molecule has 116 valence electrons. The number of hydrogen-bond donors (Lipinski definition) is 1. The molecular weight excluding hydrogens is 291 g/mol. The van der Waals surface area contributed by atoms with Crippen LogP contribution in [0.3, 0.4) is 0 Å². The molecule has 0 saturated carbocycles. The van der Waals surface area contributed by atoms with Crippen molar-refractivity contribution in [2.45, 2.75) is 18.4 Å². The second-order valence-electron chi connectivity index (χ2n) is 4.43. The fourth-order valence-corrected chi connectivity index (χ4v) is 3.49. The molecule has 1 rings (SSSR count). The first-order chi connectivity index (χ1) is 9.97. The fourth-order valence-electron chi connectivity index (χ4n) is 1.87. The molecule has 21 heavy (non-hydrogen) atoms. The number of nitrogens with zero attached hydrogens (tertiary/aromatic N) is 1. The fraction of sp³-hybridized carbons (Fsp3) is 0.333. The monoisotopic (exact) mass is 312 g/mol. The van der Waals surface area contributed by atoms with Crippen molar-refractivity contribution in [3.63, 3.8) is 0 Å². The molecule has 0 saturated heterocycles. The average molecular weight is 312 g/mol.